The maximum Gasteiger partial charge on any atom is 0.534 e. The number of benzene rings is 3. The molecule has 5 nitrogen and oxygen atoms in total. The summed E-state index contributed by atoms with van der Waals surface area (Å²) in [5.41, 5.74) is -5.30. The van der Waals surface area contributed by atoms with Gasteiger partial charge in [-0.15, -0.1) is 11.3 Å². The number of fused-ring (bicyclic) bond motifs is 2. The van der Waals surface area contributed by atoms with E-state index in [9.17, 15) is 26.4 Å². The zero-order valence-electron chi connectivity index (χ0n) is 15.8. The molecular formula is C21H13F3O5S2. The van der Waals surface area contributed by atoms with Gasteiger partial charge < -0.3 is 8.92 Å². The Labute approximate surface area is 178 Å². The van der Waals surface area contributed by atoms with E-state index in [0.717, 1.165) is 17.4 Å². The minimum Gasteiger partial charge on any atom is -0.497 e. The van der Waals surface area contributed by atoms with Gasteiger partial charge in [-0.3, -0.25) is 4.79 Å². The molecule has 0 amide bonds. The van der Waals surface area contributed by atoms with Crippen LogP contribution in [0.3, 0.4) is 0 Å². The number of halogens is 3. The molecule has 4 aromatic rings. The molecule has 3 aromatic carbocycles. The highest BCUT2D eigenvalue weighted by Gasteiger charge is 2.48. The van der Waals surface area contributed by atoms with Crippen molar-refractivity contribution in [3.8, 4) is 22.6 Å². The maximum atomic E-state index is 13.0. The van der Waals surface area contributed by atoms with E-state index >= 15 is 0 Å². The molecule has 1 aromatic heterocycles. The van der Waals surface area contributed by atoms with Crippen molar-refractivity contribution in [1.29, 1.82) is 0 Å². The molecule has 160 valence electrons. The highest BCUT2D eigenvalue weighted by molar-refractivity contribution is 7.88. The molecule has 0 saturated carbocycles. The maximum absolute atomic E-state index is 13.0. The Morgan fingerprint density at radius 3 is 2.23 bits per heavy atom. The minimum atomic E-state index is -5.98. The first-order chi connectivity index (χ1) is 14.6. The summed E-state index contributed by atoms with van der Waals surface area (Å²) in [4.78, 5) is 13.0. The lowest BCUT2D eigenvalue weighted by Crippen LogP contribution is -2.28. The normalized spacial score (nSPS) is 12.3. The topological polar surface area (TPSA) is 69.7 Å². The number of hydrogen-bond acceptors (Lipinski definition) is 6. The lowest BCUT2D eigenvalue weighted by Gasteiger charge is -2.13. The van der Waals surface area contributed by atoms with Crippen LogP contribution in [-0.2, 0) is 10.1 Å². The zero-order valence-corrected chi connectivity index (χ0v) is 17.4. The van der Waals surface area contributed by atoms with Gasteiger partial charge in [-0.2, -0.15) is 21.6 Å². The third kappa shape index (κ3) is 3.84. The van der Waals surface area contributed by atoms with E-state index < -0.39 is 26.8 Å². The van der Waals surface area contributed by atoms with Gasteiger partial charge in [0.25, 0.3) is 0 Å². The van der Waals surface area contributed by atoms with Crippen molar-refractivity contribution in [3.05, 3.63) is 70.9 Å². The number of ether oxygens (including phenoxy) is 1. The summed E-state index contributed by atoms with van der Waals surface area (Å²) in [6.45, 7) is 0. The van der Waals surface area contributed by atoms with Gasteiger partial charge in [-0.1, -0.05) is 24.3 Å². The van der Waals surface area contributed by atoms with Gasteiger partial charge >= 0.3 is 15.6 Å². The monoisotopic (exact) mass is 466 g/mol. The van der Waals surface area contributed by atoms with Gasteiger partial charge in [-0.05, 0) is 47.5 Å². The molecule has 1 heterocycles. The number of rotatable bonds is 4. The lowest BCUT2D eigenvalue weighted by atomic mass is 10.0. The summed E-state index contributed by atoms with van der Waals surface area (Å²) >= 11 is 1.15. The van der Waals surface area contributed by atoms with E-state index in [-0.39, 0.29) is 10.8 Å². The Kier molecular flexibility index (Phi) is 5.14. The fourth-order valence-corrected chi connectivity index (χ4v) is 4.67. The van der Waals surface area contributed by atoms with Crippen LogP contribution in [0.5, 0.6) is 11.5 Å². The van der Waals surface area contributed by atoms with Crippen molar-refractivity contribution in [2.45, 2.75) is 5.51 Å². The molecule has 31 heavy (non-hydrogen) atoms. The van der Waals surface area contributed by atoms with Crippen LogP contribution in [0.15, 0.2) is 65.5 Å². The van der Waals surface area contributed by atoms with Crippen LogP contribution in [-0.4, -0.2) is 21.0 Å². The smallest absolute Gasteiger partial charge is 0.497 e. The van der Waals surface area contributed by atoms with E-state index in [0.29, 0.717) is 26.3 Å². The van der Waals surface area contributed by atoms with Gasteiger partial charge in [0.2, 0.25) is 0 Å². The van der Waals surface area contributed by atoms with Gasteiger partial charge in [0.15, 0.2) is 11.2 Å². The van der Waals surface area contributed by atoms with Crippen LogP contribution >= 0.6 is 11.3 Å². The van der Waals surface area contributed by atoms with Crippen LogP contribution < -0.4 is 14.3 Å². The van der Waals surface area contributed by atoms with E-state index in [4.69, 9.17) is 4.74 Å². The van der Waals surface area contributed by atoms with E-state index in [2.05, 4.69) is 4.18 Å². The molecule has 0 N–H and O–H groups in total. The molecule has 0 aliphatic carbocycles. The fourth-order valence-electron chi connectivity index (χ4n) is 3.07. The van der Waals surface area contributed by atoms with Crippen LogP contribution in [0.2, 0.25) is 0 Å². The first-order valence-corrected chi connectivity index (χ1v) is 11.0. The molecule has 0 saturated heterocycles. The Balaban J connectivity index is 2.03. The third-order valence-electron chi connectivity index (χ3n) is 4.55. The molecule has 0 radical (unpaired) electrons. The average Bonchev–Trinajstić information content (AvgIpc) is 2.72. The average molecular weight is 466 g/mol. The second kappa shape index (κ2) is 7.54. The molecule has 0 fully saturated rings. The third-order valence-corrected chi connectivity index (χ3v) is 6.63. The molecule has 0 aliphatic rings. The zero-order chi connectivity index (χ0) is 22.4. The molecule has 4 rings (SSSR count). The van der Waals surface area contributed by atoms with Crippen LogP contribution in [0, 0.1) is 0 Å². The Morgan fingerprint density at radius 2 is 1.58 bits per heavy atom. The summed E-state index contributed by atoms with van der Waals surface area (Å²) < 4.78 is 72.8. The quantitative estimate of drug-likeness (QED) is 0.231. The Bertz CT molecular complexity index is 1460. The summed E-state index contributed by atoms with van der Waals surface area (Å²) in [6.07, 6.45) is 0. The summed E-state index contributed by atoms with van der Waals surface area (Å²) in [5, 5.41) is 0.0280. The second-order valence-electron chi connectivity index (χ2n) is 6.49. The molecule has 0 bridgehead atoms. The predicted octanol–water partition coefficient (Wildman–Crippen LogP) is 5.32. The summed E-state index contributed by atoms with van der Waals surface area (Å²) in [7, 11) is -4.49. The van der Waals surface area contributed by atoms with Crippen molar-refractivity contribution < 1.29 is 30.5 Å². The van der Waals surface area contributed by atoms with Gasteiger partial charge in [-0.25, -0.2) is 0 Å². The van der Waals surface area contributed by atoms with Gasteiger partial charge in [0.05, 0.1) is 12.5 Å². The van der Waals surface area contributed by atoms with E-state index in [1.54, 1.807) is 48.5 Å². The van der Waals surface area contributed by atoms with E-state index in [1.165, 1.54) is 13.2 Å². The number of hydrogen-bond donors (Lipinski definition) is 0. The van der Waals surface area contributed by atoms with Crippen molar-refractivity contribution in [1.82, 2.24) is 0 Å². The first kappa shape index (κ1) is 21.1. The summed E-state index contributed by atoms with van der Waals surface area (Å²) in [5.74, 6) is -0.107. The number of alkyl halides is 3. The molecule has 0 aliphatic heterocycles. The largest absolute Gasteiger partial charge is 0.534 e. The second-order valence-corrected chi connectivity index (χ2v) is 9.11. The minimum absolute atomic E-state index is 0.228. The summed E-state index contributed by atoms with van der Waals surface area (Å²) in [6, 6.07) is 15.9. The van der Waals surface area contributed by atoms with Crippen molar-refractivity contribution in [3.63, 3.8) is 0 Å². The molecular weight excluding hydrogens is 453 g/mol. The van der Waals surface area contributed by atoms with Gasteiger partial charge in [0, 0.05) is 14.8 Å². The lowest BCUT2D eigenvalue weighted by molar-refractivity contribution is -0.0499. The highest BCUT2D eigenvalue weighted by atomic mass is 32.2. The Hall–Kier alpha value is -3.11. The van der Waals surface area contributed by atoms with Crippen LogP contribution in [0.25, 0.3) is 31.3 Å². The first-order valence-electron chi connectivity index (χ1n) is 8.75. The van der Waals surface area contributed by atoms with Crippen LogP contribution in [0.1, 0.15) is 0 Å². The molecule has 0 unspecified atom stereocenters. The molecule has 0 spiro atoms. The van der Waals surface area contributed by atoms with E-state index in [1.807, 2.05) is 0 Å². The Morgan fingerprint density at radius 1 is 0.903 bits per heavy atom. The van der Waals surface area contributed by atoms with Crippen LogP contribution in [0.4, 0.5) is 13.2 Å². The predicted molar refractivity (Wildman–Crippen MR) is 113 cm³/mol. The number of methoxy groups -OCH3 is 1. The standard InChI is InChI=1S/C21H13F3O5S2/c1-28-14-8-6-12(7-9-14)13-10-16(29-31(26,27)21(22,23)24)19-18(11-13)30-17-5-3-2-4-15(17)20(19)25/h2-11H,1H3. The fraction of sp³-hybridized carbons (Fsp3) is 0.0952. The molecule has 0 atom stereocenters. The van der Waals surface area contributed by atoms with Crippen molar-refractivity contribution in [2.24, 2.45) is 0 Å². The molecule has 10 heteroatoms. The van der Waals surface area contributed by atoms with Crippen molar-refractivity contribution >= 4 is 41.6 Å². The van der Waals surface area contributed by atoms with Crippen molar-refractivity contribution in [2.75, 3.05) is 7.11 Å². The van der Waals surface area contributed by atoms with Gasteiger partial charge in [0.1, 0.15) is 5.75 Å². The highest BCUT2D eigenvalue weighted by Crippen LogP contribution is 2.38. The SMILES string of the molecule is COc1ccc(-c2cc(OS(=O)(=O)C(F)(F)F)c3c(=O)c4ccccc4sc3c2)cc1.